The third-order valence-electron chi connectivity index (χ3n) is 2.48. The van der Waals surface area contributed by atoms with Gasteiger partial charge in [-0.25, -0.2) is 8.42 Å². The standard InChI is InChI=1S/C12H17N3O5S/c1-8(2)14-12(16)7-13-10-5-4-9(21(3,19)20)6-11(10)15(17)18/h4-6,8,13H,7H2,1-3H3,(H,14,16). The average Bonchev–Trinajstić information content (AvgIpc) is 2.34. The normalized spacial score (nSPS) is 11.2. The number of hydrogen-bond acceptors (Lipinski definition) is 6. The second-order valence-corrected chi connectivity index (χ2v) is 6.80. The van der Waals surface area contributed by atoms with Gasteiger partial charge in [0.25, 0.3) is 5.69 Å². The van der Waals surface area contributed by atoms with Gasteiger partial charge in [-0.05, 0) is 26.0 Å². The van der Waals surface area contributed by atoms with Crippen LogP contribution in [0.4, 0.5) is 11.4 Å². The zero-order chi connectivity index (χ0) is 16.2. The first-order valence-corrected chi connectivity index (χ1v) is 8.02. The van der Waals surface area contributed by atoms with Gasteiger partial charge in [0.1, 0.15) is 5.69 Å². The molecule has 1 rings (SSSR count). The van der Waals surface area contributed by atoms with E-state index in [1.807, 2.05) is 0 Å². The van der Waals surface area contributed by atoms with E-state index in [9.17, 15) is 23.3 Å². The quantitative estimate of drug-likeness (QED) is 0.595. The maximum Gasteiger partial charge on any atom is 0.293 e. The molecule has 0 fully saturated rings. The molecule has 0 spiro atoms. The Labute approximate surface area is 122 Å². The number of nitrogens with one attached hydrogen (secondary N) is 2. The van der Waals surface area contributed by atoms with Crippen LogP contribution in [0.25, 0.3) is 0 Å². The van der Waals surface area contributed by atoms with Crippen LogP contribution in [0.3, 0.4) is 0 Å². The van der Waals surface area contributed by atoms with Crippen LogP contribution < -0.4 is 10.6 Å². The average molecular weight is 315 g/mol. The zero-order valence-electron chi connectivity index (χ0n) is 11.9. The van der Waals surface area contributed by atoms with Crippen molar-refractivity contribution in [2.75, 3.05) is 18.1 Å². The van der Waals surface area contributed by atoms with E-state index in [2.05, 4.69) is 10.6 Å². The van der Waals surface area contributed by atoms with Gasteiger partial charge in [0.05, 0.1) is 16.4 Å². The fourth-order valence-corrected chi connectivity index (χ4v) is 2.23. The largest absolute Gasteiger partial charge is 0.371 e. The van der Waals surface area contributed by atoms with Gasteiger partial charge in [-0.15, -0.1) is 0 Å². The number of nitrogens with zero attached hydrogens (tertiary/aromatic N) is 1. The molecule has 0 atom stereocenters. The molecule has 8 nitrogen and oxygen atoms in total. The molecule has 1 aromatic rings. The number of amides is 1. The zero-order valence-corrected chi connectivity index (χ0v) is 12.7. The molecule has 0 heterocycles. The number of benzene rings is 1. The van der Waals surface area contributed by atoms with E-state index >= 15 is 0 Å². The van der Waals surface area contributed by atoms with Gasteiger partial charge in [0, 0.05) is 18.4 Å². The summed E-state index contributed by atoms with van der Waals surface area (Å²) < 4.78 is 22.8. The highest BCUT2D eigenvalue weighted by Crippen LogP contribution is 2.27. The second kappa shape index (κ2) is 6.53. The van der Waals surface area contributed by atoms with E-state index < -0.39 is 20.4 Å². The van der Waals surface area contributed by atoms with E-state index in [0.717, 1.165) is 12.3 Å². The molecule has 2 N–H and O–H groups in total. The third-order valence-corrected chi connectivity index (χ3v) is 3.59. The number of rotatable bonds is 6. The van der Waals surface area contributed by atoms with E-state index in [1.54, 1.807) is 13.8 Å². The minimum atomic E-state index is -3.53. The van der Waals surface area contributed by atoms with Crippen LogP contribution in [0.1, 0.15) is 13.8 Å². The summed E-state index contributed by atoms with van der Waals surface area (Å²) in [7, 11) is -3.53. The Balaban J connectivity index is 2.98. The van der Waals surface area contributed by atoms with Gasteiger partial charge < -0.3 is 10.6 Å². The highest BCUT2D eigenvalue weighted by Gasteiger charge is 2.19. The molecule has 116 valence electrons. The third kappa shape index (κ3) is 5.03. The molecular formula is C12H17N3O5S. The van der Waals surface area contributed by atoms with E-state index in [1.165, 1.54) is 12.1 Å². The summed E-state index contributed by atoms with van der Waals surface area (Å²) in [6.07, 6.45) is 0.968. The summed E-state index contributed by atoms with van der Waals surface area (Å²) in [5.41, 5.74) is -0.304. The molecule has 0 unspecified atom stereocenters. The first-order valence-electron chi connectivity index (χ1n) is 6.13. The molecule has 0 aliphatic heterocycles. The van der Waals surface area contributed by atoms with Crippen LogP contribution in [-0.4, -0.2) is 38.1 Å². The van der Waals surface area contributed by atoms with Crippen molar-refractivity contribution < 1.29 is 18.1 Å². The Bertz CT molecular complexity index is 655. The molecule has 1 aromatic carbocycles. The maximum atomic E-state index is 11.5. The maximum absolute atomic E-state index is 11.5. The smallest absolute Gasteiger partial charge is 0.293 e. The number of nitro groups is 1. The minimum absolute atomic E-state index is 0.0399. The van der Waals surface area contributed by atoms with Crippen molar-refractivity contribution in [1.29, 1.82) is 0 Å². The summed E-state index contributed by atoms with van der Waals surface area (Å²) in [5.74, 6) is -0.313. The van der Waals surface area contributed by atoms with Crippen LogP contribution in [-0.2, 0) is 14.6 Å². The van der Waals surface area contributed by atoms with E-state index in [0.29, 0.717) is 0 Å². The first-order chi connectivity index (χ1) is 9.61. The predicted octanol–water partition coefficient (Wildman–Crippen LogP) is 0.935. The summed E-state index contributed by atoms with van der Waals surface area (Å²) in [6.45, 7) is 3.44. The predicted molar refractivity (Wildman–Crippen MR) is 78.0 cm³/mol. The lowest BCUT2D eigenvalue weighted by Gasteiger charge is -2.10. The number of carbonyl (C=O) groups excluding carboxylic acids is 1. The fourth-order valence-electron chi connectivity index (χ4n) is 1.59. The molecule has 21 heavy (non-hydrogen) atoms. The Hall–Kier alpha value is -2.16. The lowest BCUT2D eigenvalue weighted by molar-refractivity contribution is -0.384. The Kier molecular flexibility index (Phi) is 5.25. The lowest BCUT2D eigenvalue weighted by atomic mass is 10.2. The van der Waals surface area contributed by atoms with E-state index in [4.69, 9.17) is 0 Å². The van der Waals surface area contributed by atoms with Gasteiger partial charge in [0.15, 0.2) is 9.84 Å². The molecule has 9 heteroatoms. The topological polar surface area (TPSA) is 118 Å². The summed E-state index contributed by atoms with van der Waals surface area (Å²) in [5, 5.41) is 16.3. The van der Waals surface area contributed by atoms with Crippen molar-refractivity contribution in [3.8, 4) is 0 Å². The van der Waals surface area contributed by atoms with Gasteiger partial charge in [-0.1, -0.05) is 0 Å². The monoisotopic (exact) mass is 315 g/mol. The summed E-state index contributed by atoms with van der Waals surface area (Å²) in [4.78, 5) is 21.6. The molecule has 0 radical (unpaired) electrons. The van der Waals surface area contributed by atoms with Crippen molar-refractivity contribution in [3.63, 3.8) is 0 Å². The molecule has 0 saturated heterocycles. The number of carbonyl (C=O) groups is 1. The van der Waals surface area contributed by atoms with Crippen LogP contribution in [0.2, 0.25) is 0 Å². The Morgan fingerprint density at radius 2 is 2.00 bits per heavy atom. The van der Waals surface area contributed by atoms with Gasteiger partial charge in [0.2, 0.25) is 5.91 Å². The van der Waals surface area contributed by atoms with Gasteiger partial charge in [-0.3, -0.25) is 14.9 Å². The molecule has 0 saturated carbocycles. The molecular weight excluding hydrogens is 298 g/mol. The molecule has 0 aliphatic rings. The molecule has 0 aromatic heterocycles. The van der Waals surface area contributed by atoms with Crippen molar-refractivity contribution in [2.24, 2.45) is 0 Å². The lowest BCUT2D eigenvalue weighted by Crippen LogP contribution is -2.34. The number of anilines is 1. The number of sulfone groups is 1. The minimum Gasteiger partial charge on any atom is -0.371 e. The van der Waals surface area contributed by atoms with Crippen LogP contribution >= 0.6 is 0 Å². The van der Waals surface area contributed by atoms with Crippen LogP contribution in [0, 0.1) is 10.1 Å². The van der Waals surface area contributed by atoms with Crippen molar-refractivity contribution in [3.05, 3.63) is 28.3 Å². The SMILES string of the molecule is CC(C)NC(=O)CNc1ccc(S(C)(=O)=O)cc1[N+](=O)[O-]. The second-order valence-electron chi connectivity index (χ2n) is 4.78. The summed E-state index contributed by atoms with van der Waals surface area (Å²) in [6, 6.07) is 3.46. The van der Waals surface area contributed by atoms with Gasteiger partial charge >= 0.3 is 0 Å². The fraction of sp³-hybridized carbons (Fsp3) is 0.417. The highest BCUT2D eigenvalue weighted by atomic mass is 32.2. The Morgan fingerprint density at radius 3 is 2.48 bits per heavy atom. The molecule has 1 amide bonds. The molecule has 0 bridgehead atoms. The Morgan fingerprint density at radius 1 is 1.38 bits per heavy atom. The molecule has 0 aliphatic carbocycles. The van der Waals surface area contributed by atoms with Crippen molar-refractivity contribution in [2.45, 2.75) is 24.8 Å². The highest BCUT2D eigenvalue weighted by molar-refractivity contribution is 7.90. The summed E-state index contributed by atoms with van der Waals surface area (Å²) >= 11 is 0. The van der Waals surface area contributed by atoms with Crippen molar-refractivity contribution >= 4 is 27.1 Å². The number of nitro benzene ring substituents is 1. The van der Waals surface area contributed by atoms with Gasteiger partial charge in [-0.2, -0.15) is 0 Å². The first kappa shape index (κ1) is 16.9. The van der Waals surface area contributed by atoms with Crippen LogP contribution in [0.5, 0.6) is 0 Å². The van der Waals surface area contributed by atoms with E-state index in [-0.39, 0.29) is 29.1 Å². The van der Waals surface area contributed by atoms with Crippen LogP contribution in [0.15, 0.2) is 23.1 Å². The van der Waals surface area contributed by atoms with Crippen molar-refractivity contribution in [1.82, 2.24) is 5.32 Å². The number of hydrogen-bond donors (Lipinski definition) is 2.